The van der Waals surface area contributed by atoms with Gasteiger partial charge in [0.2, 0.25) is 0 Å². The molecule has 3 rings (SSSR count). The Kier molecular flexibility index (Phi) is 1.60. The number of nitrogens with one attached hydrogen (secondary N) is 1. The first-order valence-corrected chi connectivity index (χ1v) is 4.33. The van der Waals surface area contributed by atoms with Crippen LogP contribution in [0, 0.1) is 17.2 Å². The Balaban J connectivity index is 2.08. The van der Waals surface area contributed by atoms with E-state index in [9.17, 15) is 0 Å². The molecule has 3 fully saturated rings. The van der Waals surface area contributed by atoms with Gasteiger partial charge < -0.3 is 10.6 Å². The number of fused-ring (bicyclic) bond motifs is 3. The molecular formula is C8H15N3. The highest BCUT2D eigenvalue weighted by Crippen LogP contribution is 2.31. The molecule has 0 aromatic carbocycles. The quantitative estimate of drug-likeness (QED) is 0.419. The van der Waals surface area contributed by atoms with Gasteiger partial charge in [-0.1, -0.05) is 0 Å². The molecule has 0 aromatic rings. The van der Waals surface area contributed by atoms with Gasteiger partial charge in [0.25, 0.3) is 0 Å². The van der Waals surface area contributed by atoms with Crippen LogP contribution in [0.25, 0.3) is 0 Å². The van der Waals surface area contributed by atoms with Crippen molar-refractivity contribution in [1.82, 2.24) is 4.90 Å². The summed E-state index contributed by atoms with van der Waals surface area (Å²) in [6.45, 7) is 3.50. The molecule has 11 heavy (non-hydrogen) atoms. The summed E-state index contributed by atoms with van der Waals surface area (Å²) in [5, 5.41) is 7.39. The maximum atomic E-state index is 7.39. The minimum absolute atomic E-state index is 0.373. The van der Waals surface area contributed by atoms with Crippen molar-refractivity contribution in [2.75, 3.05) is 19.6 Å². The van der Waals surface area contributed by atoms with Gasteiger partial charge in [0.05, 0.1) is 5.84 Å². The average Bonchev–Trinajstić information content (AvgIpc) is 2.06. The van der Waals surface area contributed by atoms with E-state index in [1.807, 2.05) is 0 Å². The number of hydrogen-bond acceptors (Lipinski definition) is 2. The number of amidine groups is 1. The van der Waals surface area contributed by atoms with Gasteiger partial charge in [-0.05, 0) is 31.8 Å². The van der Waals surface area contributed by atoms with E-state index in [0.717, 1.165) is 12.5 Å². The molecule has 3 aliphatic rings. The van der Waals surface area contributed by atoms with E-state index in [2.05, 4.69) is 4.90 Å². The van der Waals surface area contributed by atoms with Crippen molar-refractivity contribution in [2.24, 2.45) is 17.6 Å². The van der Waals surface area contributed by atoms with E-state index in [1.165, 1.54) is 25.9 Å². The SMILES string of the molecule is N=C(N)C1CN2CCC1CC2. The standard InChI is InChI=1S/C8H15N3/c9-8(10)7-5-11-3-1-6(7)2-4-11/h6-7H,1-5H2,(H3,9,10). The van der Waals surface area contributed by atoms with Gasteiger partial charge >= 0.3 is 0 Å². The smallest absolute Gasteiger partial charge is 0.0952 e. The minimum atomic E-state index is 0.373. The van der Waals surface area contributed by atoms with Crippen LogP contribution in [0.15, 0.2) is 0 Å². The fourth-order valence-corrected chi connectivity index (χ4v) is 2.32. The van der Waals surface area contributed by atoms with Gasteiger partial charge in [0.1, 0.15) is 0 Å². The van der Waals surface area contributed by atoms with Crippen LogP contribution < -0.4 is 5.73 Å². The van der Waals surface area contributed by atoms with Gasteiger partial charge in [-0.2, -0.15) is 0 Å². The van der Waals surface area contributed by atoms with Gasteiger partial charge in [-0.25, -0.2) is 0 Å². The Morgan fingerprint density at radius 3 is 2.27 bits per heavy atom. The lowest BCUT2D eigenvalue weighted by molar-refractivity contribution is 0.0812. The summed E-state index contributed by atoms with van der Waals surface area (Å²) in [6.07, 6.45) is 2.51. The Morgan fingerprint density at radius 2 is 2.00 bits per heavy atom. The van der Waals surface area contributed by atoms with Crippen molar-refractivity contribution >= 4 is 5.84 Å². The van der Waals surface area contributed by atoms with Gasteiger partial charge in [-0.3, -0.25) is 5.41 Å². The molecule has 1 atom stereocenters. The molecule has 3 aliphatic heterocycles. The predicted molar refractivity (Wildman–Crippen MR) is 44.6 cm³/mol. The number of piperidine rings is 3. The molecular weight excluding hydrogens is 138 g/mol. The van der Waals surface area contributed by atoms with Crippen LogP contribution in [-0.2, 0) is 0 Å². The third-order valence-corrected chi connectivity index (χ3v) is 3.06. The number of hydrogen-bond donors (Lipinski definition) is 2. The molecule has 0 radical (unpaired) electrons. The summed E-state index contributed by atoms with van der Waals surface area (Å²) >= 11 is 0. The highest BCUT2D eigenvalue weighted by atomic mass is 15.2. The third-order valence-electron chi connectivity index (χ3n) is 3.06. The fourth-order valence-electron chi connectivity index (χ4n) is 2.32. The zero-order chi connectivity index (χ0) is 7.84. The second kappa shape index (κ2) is 2.48. The minimum Gasteiger partial charge on any atom is -0.387 e. The molecule has 0 spiro atoms. The summed E-state index contributed by atoms with van der Waals surface area (Å²) in [4.78, 5) is 2.42. The molecule has 62 valence electrons. The van der Waals surface area contributed by atoms with E-state index in [4.69, 9.17) is 11.1 Å². The van der Waals surface area contributed by atoms with Crippen molar-refractivity contribution in [3.05, 3.63) is 0 Å². The van der Waals surface area contributed by atoms with E-state index in [1.54, 1.807) is 0 Å². The van der Waals surface area contributed by atoms with Crippen LogP contribution in [-0.4, -0.2) is 30.4 Å². The first-order chi connectivity index (χ1) is 5.27. The van der Waals surface area contributed by atoms with E-state index in [0.29, 0.717) is 11.8 Å². The Morgan fingerprint density at radius 1 is 1.36 bits per heavy atom. The lowest BCUT2D eigenvalue weighted by atomic mass is 9.78. The first kappa shape index (κ1) is 7.10. The van der Waals surface area contributed by atoms with E-state index < -0.39 is 0 Å². The van der Waals surface area contributed by atoms with Crippen molar-refractivity contribution in [3.8, 4) is 0 Å². The van der Waals surface area contributed by atoms with Crippen LogP contribution in [0.4, 0.5) is 0 Å². The van der Waals surface area contributed by atoms with Crippen LogP contribution >= 0.6 is 0 Å². The summed E-state index contributed by atoms with van der Waals surface area (Å²) in [7, 11) is 0. The highest BCUT2D eigenvalue weighted by Gasteiger charge is 2.35. The largest absolute Gasteiger partial charge is 0.387 e. The molecule has 0 saturated carbocycles. The summed E-state index contributed by atoms with van der Waals surface area (Å²) < 4.78 is 0. The molecule has 3 N–H and O–H groups in total. The molecule has 3 heteroatoms. The zero-order valence-corrected chi connectivity index (χ0v) is 6.71. The maximum Gasteiger partial charge on any atom is 0.0952 e. The molecule has 0 amide bonds. The van der Waals surface area contributed by atoms with E-state index >= 15 is 0 Å². The Labute approximate surface area is 67.1 Å². The van der Waals surface area contributed by atoms with Crippen molar-refractivity contribution < 1.29 is 0 Å². The second-order valence-electron chi connectivity index (χ2n) is 3.70. The molecule has 0 aromatic heterocycles. The normalized spacial score (nSPS) is 42.4. The van der Waals surface area contributed by atoms with Gasteiger partial charge in [0, 0.05) is 12.5 Å². The lowest BCUT2D eigenvalue weighted by Gasteiger charge is -2.44. The van der Waals surface area contributed by atoms with Crippen molar-refractivity contribution in [1.29, 1.82) is 5.41 Å². The Bertz CT molecular complexity index is 170. The predicted octanol–water partition coefficient (Wildman–Crippen LogP) is 0.264. The number of nitrogens with two attached hydrogens (primary N) is 1. The van der Waals surface area contributed by atoms with Crippen LogP contribution in [0.3, 0.4) is 0 Å². The highest BCUT2D eigenvalue weighted by molar-refractivity contribution is 5.80. The molecule has 3 heterocycles. The topological polar surface area (TPSA) is 53.1 Å². The second-order valence-corrected chi connectivity index (χ2v) is 3.70. The average molecular weight is 153 g/mol. The van der Waals surface area contributed by atoms with Crippen molar-refractivity contribution in [2.45, 2.75) is 12.8 Å². The molecule has 3 saturated heterocycles. The monoisotopic (exact) mass is 153 g/mol. The number of rotatable bonds is 1. The maximum absolute atomic E-state index is 7.39. The van der Waals surface area contributed by atoms with Crippen LogP contribution in [0.1, 0.15) is 12.8 Å². The number of nitrogens with zero attached hydrogens (tertiary/aromatic N) is 1. The van der Waals surface area contributed by atoms with E-state index in [-0.39, 0.29) is 0 Å². The summed E-state index contributed by atoms with van der Waals surface area (Å²) in [6, 6.07) is 0. The van der Waals surface area contributed by atoms with Crippen LogP contribution in [0.2, 0.25) is 0 Å². The van der Waals surface area contributed by atoms with Crippen LogP contribution in [0.5, 0.6) is 0 Å². The third kappa shape index (κ3) is 1.13. The van der Waals surface area contributed by atoms with Gasteiger partial charge in [0.15, 0.2) is 0 Å². The Hall–Kier alpha value is -0.570. The molecule has 2 bridgehead atoms. The van der Waals surface area contributed by atoms with Crippen molar-refractivity contribution in [3.63, 3.8) is 0 Å². The molecule has 1 unspecified atom stereocenters. The fraction of sp³-hybridized carbons (Fsp3) is 0.875. The zero-order valence-electron chi connectivity index (χ0n) is 6.71. The van der Waals surface area contributed by atoms with Gasteiger partial charge in [-0.15, -0.1) is 0 Å². The molecule has 0 aliphatic carbocycles. The molecule has 3 nitrogen and oxygen atoms in total. The lowest BCUT2D eigenvalue weighted by Crippen LogP contribution is -2.51. The summed E-state index contributed by atoms with van der Waals surface area (Å²) in [5.74, 6) is 1.49. The first-order valence-electron chi connectivity index (χ1n) is 4.33. The summed E-state index contributed by atoms with van der Waals surface area (Å²) in [5.41, 5.74) is 5.51.